The Balaban J connectivity index is 1.34. The van der Waals surface area contributed by atoms with E-state index < -0.39 is 21.8 Å². The zero-order valence-corrected chi connectivity index (χ0v) is 22.1. The van der Waals surface area contributed by atoms with Gasteiger partial charge >= 0.3 is 11.9 Å². The largest absolute Gasteiger partial charge is 0.489 e. The molecule has 0 N–H and O–H groups in total. The van der Waals surface area contributed by atoms with Crippen LogP contribution in [0.1, 0.15) is 31.8 Å². The van der Waals surface area contributed by atoms with Crippen molar-refractivity contribution in [1.29, 1.82) is 0 Å². The zero-order chi connectivity index (χ0) is 27.8. The van der Waals surface area contributed by atoms with Crippen molar-refractivity contribution in [3.63, 3.8) is 0 Å². The second kappa shape index (κ2) is 12.3. The van der Waals surface area contributed by atoms with Crippen molar-refractivity contribution in [2.45, 2.75) is 23.0 Å². The molecule has 4 rings (SSSR count). The van der Waals surface area contributed by atoms with E-state index in [0.29, 0.717) is 22.6 Å². The monoisotopic (exact) mass is 546 g/mol. The van der Waals surface area contributed by atoms with Crippen LogP contribution < -0.4 is 9.47 Å². The molecule has 0 saturated heterocycles. The number of carbonyl (C=O) groups is 2. The van der Waals surface area contributed by atoms with Crippen LogP contribution in [-0.4, -0.2) is 34.6 Å². The molecule has 0 saturated carbocycles. The van der Waals surface area contributed by atoms with Crippen LogP contribution in [0.15, 0.2) is 107 Å². The van der Waals surface area contributed by atoms with Gasteiger partial charge in [0.2, 0.25) is 9.84 Å². The van der Waals surface area contributed by atoms with Gasteiger partial charge in [-0.2, -0.15) is 0 Å². The average Bonchev–Trinajstić information content (AvgIpc) is 2.99. The van der Waals surface area contributed by atoms with E-state index in [2.05, 4.69) is 9.47 Å². The molecule has 0 aliphatic heterocycles. The molecule has 0 aromatic heterocycles. The van der Waals surface area contributed by atoms with Crippen LogP contribution in [0.25, 0.3) is 0 Å². The Bertz CT molecular complexity index is 1410. The van der Waals surface area contributed by atoms with Gasteiger partial charge in [-0.1, -0.05) is 24.3 Å². The highest BCUT2D eigenvalue weighted by atomic mass is 32.2. The first-order valence-corrected chi connectivity index (χ1v) is 13.3. The molecular weight excluding hydrogens is 520 g/mol. The number of benzene rings is 4. The van der Waals surface area contributed by atoms with Crippen LogP contribution >= 0.6 is 0 Å². The highest BCUT2D eigenvalue weighted by Crippen LogP contribution is 2.25. The third-order valence-electron chi connectivity index (χ3n) is 5.83. The van der Waals surface area contributed by atoms with Crippen LogP contribution in [0.2, 0.25) is 0 Å². The van der Waals surface area contributed by atoms with Crippen molar-refractivity contribution in [3.8, 4) is 11.5 Å². The molecular formula is C30H26O8S. The number of sulfone groups is 1. The average molecular weight is 547 g/mol. The third kappa shape index (κ3) is 6.82. The van der Waals surface area contributed by atoms with Crippen LogP contribution in [0, 0.1) is 0 Å². The molecule has 0 spiro atoms. The maximum Gasteiger partial charge on any atom is 0.337 e. The Kier molecular flexibility index (Phi) is 8.63. The van der Waals surface area contributed by atoms with Crippen molar-refractivity contribution < 1.29 is 37.0 Å². The normalized spacial score (nSPS) is 10.9. The molecule has 8 nitrogen and oxygen atoms in total. The second-order valence-electron chi connectivity index (χ2n) is 8.40. The minimum absolute atomic E-state index is 0.136. The number of hydrogen-bond donors (Lipinski definition) is 0. The molecule has 0 bridgehead atoms. The standard InChI is InChI=1S/C30H26O8S/c1-35-29(31)23-7-3-21(4-8-23)19-37-25-11-15-27(16-12-25)39(33,34)28-17-13-26(14-18-28)38-20-22-5-9-24(10-6-22)30(32)36-2/h3-18H,19-20H2,1-2H3. The maximum atomic E-state index is 13.1. The van der Waals surface area contributed by atoms with Crippen LogP contribution in [0.5, 0.6) is 11.5 Å². The summed E-state index contributed by atoms with van der Waals surface area (Å²) in [5.74, 6) is 0.194. The minimum Gasteiger partial charge on any atom is -0.489 e. The quantitative estimate of drug-likeness (QED) is 0.248. The van der Waals surface area contributed by atoms with E-state index >= 15 is 0 Å². The molecule has 9 heteroatoms. The summed E-state index contributed by atoms with van der Waals surface area (Å²) in [7, 11) is -1.09. The lowest BCUT2D eigenvalue weighted by molar-refractivity contribution is 0.0592. The van der Waals surface area contributed by atoms with Gasteiger partial charge in [0.15, 0.2) is 0 Å². The van der Waals surface area contributed by atoms with E-state index in [1.54, 1.807) is 72.8 Å². The van der Waals surface area contributed by atoms with Gasteiger partial charge < -0.3 is 18.9 Å². The molecule has 0 aliphatic carbocycles. The molecule has 0 atom stereocenters. The smallest absolute Gasteiger partial charge is 0.337 e. The number of hydrogen-bond acceptors (Lipinski definition) is 8. The highest BCUT2D eigenvalue weighted by Gasteiger charge is 2.18. The first-order valence-electron chi connectivity index (χ1n) is 11.9. The van der Waals surface area contributed by atoms with Crippen LogP contribution in [0.4, 0.5) is 0 Å². The molecule has 4 aromatic rings. The van der Waals surface area contributed by atoms with Gasteiger partial charge in [0.25, 0.3) is 0 Å². The van der Waals surface area contributed by atoms with E-state index in [-0.39, 0.29) is 23.0 Å². The van der Waals surface area contributed by atoms with E-state index in [9.17, 15) is 18.0 Å². The first kappa shape index (κ1) is 27.4. The second-order valence-corrected chi connectivity index (χ2v) is 10.4. The Morgan fingerprint density at radius 3 is 1.18 bits per heavy atom. The predicted octanol–water partition coefficient (Wildman–Crippen LogP) is 5.25. The summed E-state index contributed by atoms with van der Waals surface area (Å²) in [5.41, 5.74) is 2.59. The summed E-state index contributed by atoms with van der Waals surface area (Å²) in [6.45, 7) is 0.509. The van der Waals surface area contributed by atoms with Crippen molar-refractivity contribution in [3.05, 3.63) is 119 Å². The van der Waals surface area contributed by atoms with Gasteiger partial charge in [-0.25, -0.2) is 18.0 Å². The van der Waals surface area contributed by atoms with Crippen LogP contribution in [0.3, 0.4) is 0 Å². The van der Waals surface area contributed by atoms with E-state index in [1.807, 2.05) is 0 Å². The van der Waals surface area contributed by atoms with Gasteiger partial charge in [0.1, 0.15) is 24.7 Å². The van der Waals surface area contributed by atoms with Gasteiger partial charge in [-0.3, -0.25) is 0 Å². The lowest BCUT2D eigenvalue weighted by atomic mass is 10.1. The third-order valence-corrected chi connectivity index (χ3v) is 7.61. The Morgan fingerprint density at radius 2 is 0.872 bits per heavy atom. The molecule has 0 unspecified atom stereocenters. The fourth-order valence-corrected chi connectivity index (χ4v) is 4.87. The number of rotatable bonds is 10. The highest BCUT2D eigenvalue weighted by molar-refractivity contribution is 7.91. The summed E-state index contributed by atoms with van der Waals surface area (Å²) in [5, 5.41) is 0. The lowest BCUT2D eigenvalue weighted by Gasteiger charge is -2.10. The molecule has 0 aliphatic rings. The number of ether oxygens (including phenoxy) is 4. The number of methoxy groups -OCH3 is 2. The Labute approximate surface area is 226 Å². The summed E-state index contributed by atoms with van der Waals surface area (Å²) in [6.07, 6.45) is 0. The predicted molar refractivity (Wildman–Crippen MR) is 143 cm³/mol. The lowest BCUT2D eigenvalue weighted by Crippen LogP contribution is -2.03. The molecule has 4 aromatic carbocycles. The topological polar surface area (TPSA) is 105 Å². The molecule has 0 radical (unpaired) electrons. The fraction of sp³-hybridized carbons (Fsp3) is 0.133. The number of esters is 2. The van der Waals surface area contributed by atoms with Crippen molar-refractivity contribution >= 4 is 21.8 Å². The van der Waals surface area contributed by atoms with E-state index in [1.165, 1.54) is 38.5 Å². The van der Waals surface area contributed by atoms with Crippen molar-refractivity contribution in [1.82, 2.24) is 0 Å². The maximum absolute atomic E-state index is 13.1. The van der Waals surface area contributed by atoms with Gasteiger partial charge in [0, 0.05) is 0 Å². The van der Waals surface area contributed by atoms with Gasteiger partial charge in [-0.15, -0.1) is 0 Å². The first-order chi connectivity index (χ1) is 18.8. The van der Waals surface area contributed by atoms with Gasteiger partial charge in [0.05, 0.1) is 35.1 Å². The van der Waals surface area contributed by atoms with E-state index in [4.69, 9.17) is 9.47 Å². The molecule has 0 amide bonds. The minimum atomic E-state index is -3.74. The molecule has 0 fully saturated rings. The molecule has 39 heavy (non-hydrogen) atoms. The summed E-state index contributed by atoms with van der Waals surface area (Å²) in [4.78, 5) is 23.3. The van der Waals surface area contributed by atoms with E-state index in [0.717, 1.165) is 11.1 Å². The Hall–Kier alpha value is -4.63. The zero-order valence-electron chi connectivity index (χ0n) is 21.3. The molecule has 200 valence electrons. The van der Waals surface area contributed by atoms with Crippen LogP contribution in [-0.2, 0) is 32.5 Å². The summed E-state index contributed by atoms with van der Waals surface area (Å²) >= 11 is 0. The Morgan fingerprint density at radius 1 is 0.538 bits per heavy atom. The summed E-state index contributed by atoms with van der Waals surface area (Å²) < 4.78 is 47.0. The summed E-state index contributed by atoms with van der Waals surface area (Å²) in [6, 6.07) is 26.0. The SMILES string of the molecule is COC(=O)c1ccc(COc2ccc(S(=O)(=O)c3ccc(OCc4ccc(C(=O)OC)cc4)cc3)cc2)cc1. The fourth-order valence-electron chi connectivity index (χ4n) is 3.61. The molecule has 0 heterocycles. The van der Waals surface area contributed by atoms with Crippen molar-refractivity contribution in [2.24, 2.45) is 0 Å². The van der Waals surface area contributed by atoms with Crippen molar-refractivity contribution in [2.75, 3.05) is 14.2 Å². The number of carbonyl (C=O) groups excluding carboxylic acids is 2. The van der Waals surface area contributed by atoms with Gasteiger partial charge in [-0.05, 0) is 83.9 Å².